The van der Waals surface area contributed by atoms with Crippen LogP contribution in [-0.4, -0.2) is 10.8 Å². The minimum absolute atomic E-state index is 0.0333. The van der Waals surface area contributed by atoms with Gasteiger partial charge in [0.2, 0.25) is 0 Å². The molecule has 2 nitrogen and oxygen atoms in total. The van der Waals surface area contributed by atoms with Crippen molar-refractivity contribution < 1.29 is 4.79 Å². The smallest absolute Gasteiger partial charge is 0.195 e. The van der Waals surface area contributed by atoms with Crippen LogP contribution >= 0.6 is 11.6 Å². The summed E-state index contributed by atoms with van der Waals surface area (Å²) in [5.74, 6) is -0.0333. The second kappa shape index (κ2) is 5.06. The van der Waals surface area contributed by atoms with Crippen LogP contribution in [0.4, 0.5) is 0 Å². The van der Waals surface area contributed by atoms with E-state index in [0.717, 1.165) is 16.5 Å². The van der Waals surface area contributed by atoms with Gasteiger partial charge in [0, 0.05) is 27.7 Å². The summed E-state index contributed by atoms with van der Waals surface area (Å²) in [6, 6.07) is 14.8. The number of nitrogens with zero attached hydrogens (tertiary/aromatic N) is 1. The first-order valence-corrected chi connectivity index (χ1v) is 6.69. The Bertz CT molecular complexity index is 806. The molecule has 0 saturated heterocycles. The summed E-state index contributed by atoms with van der Waals surface area (Å²) < 4.78 is 0. The van der Waals surface area contributed by atoms with Crippen LogP contribution in [0.15, 0.2) is 54.7 Å². The number of aryl methyl sites for hydroxylation is 1. The van der Waals surface area contributed by atoms with Gasteiger partial charge in [-0.3, -0.25) is 9.78 Å². The Hall–Kier alpha value is -2.19. The Kier molecular flexibility index (Phi) is 3.25. The van der Waals surface area contributed by atoms with E-state index in [0.29, 0.717) is 16.1 Å². The zero-order valence-electron chi connectivity index (χ0n) is 10.9. The molecule has 0 aliphatic rings. The van der Waals surface area contributed by atoms with E-state index in [-0.39, 0.29) is 5.78 Å². The standard InChI is InChI=1S/C17H12ClNO/c1-11-10-13(7-8-15(11)18)17(20)14-6-2-4-12-5-3-9-19-16(12)14/h2-10H,1H3. The van der Waals surface area contributed by atoms with Gasteiger partial charge in [0.15, 0.2) is 5.78 Å². The number of fused-ring (bicyclic) bond motifs is 1. The maximum atomic E-state index is 12.6. The van der Waals surface area contributed by atoms with Crippen molar-refractivity contribution in [3.8, 4) is 0 Å². The topological polar surface area (TPSA) is 30.0 Å². The summed E-state index contributed by atoms with van der Waals surface area (Å²) in [6.45, 7) is 1.89. The fraction of sp³-hybridized carbons (Fsp3) is 0.0588. The molecule has 20 heavy (non-hydrogen) atoms. The predicted molar refractivity (Wildman–Crippen MR) is 81.4 cm³/mol. The molecular formula is C17H12ClNO. The molecule has 0 aliphatic carbocycles. The maximum absolute atomic E-state index is 12.6. The molecule has 0 amide bonds. The molecule has 0 fully saturated rings. The fourth-order valence-electron chi connectivity index (χ4n) is 2.23. The third-order valence-corrected chi connectivity index (χ3v) is 3.72. The third-order valence-electron chi connectivity index (χ3n) is 3.30. The second-order valence-corrected chi connectivity index (χ2v) is 5.08. The number of aromatic nitrogens is 1. The van der Waals surface area contributed by atoms with Gasteiger partial charge in [-0.05, 0) is 42.8 Å². The van der Waals surface area contributed by atoms with Gasteiger partial charge in [-0.15, -0.1) is 0 Å². The first kappa shape index (κ1) is 12.8. The van der Waals surface area contributed by atoms with Gasteiger partial charge < -0.3 is 0 Å². The molecule has 0 N–H and O–H groups in total. The molecule has 1 aromatic heterocycles. The number of benzene rings is 2. The molecule has 0 unspecified atom stereocenters. The van der Waals surface area contributed by atoms with Crippen LogP contribution in [-0.2, 0) is 0 Å². The molecule has 0 bridgehead atoms. The highest BCUT2D eigenvalue weighted by Crippen LogP contribution is 2.22. The SMILES string of the molecule is Cc1cc(C(=O)c2cccc3cccnc23)ccc1Cl. The number of ketones is 1. The van der Waals surface area contributed by atoms with Crippen LogP contribution < -0.4 is 0 Å². The number of carbonyl (C=O) groups excluding carboxylic acids is 1. The van der Waals surface area contributed by atoms with Crippen molar-refractivity contribution in [2.75, 3.05) is 0 Å². The van der Waals surface area contributed by atoms with E-state index in [1.807, 2.05) is 43.3 Å². The van der Waals surface area contributed by atoms with Crippen molar-refractivity contribution in [1.82, 2.24) is 4.98 Å². The highest BCUT2D eigenvalue weighted by atomic mass is 35.5. The number of para-hydroxylation sites is 1. The van der Waals surface area contributed by atoms with Crippen LogP contribution in [0.1, 0.15) is 21.5 Å². The van der Waals surface area contributed by atoms with Gasteiger partial charge in [-0.2, -0.15) is 0 Å². The minimum atomic E-state index is -0.0333. The molecule has 98 valence electrons. The first-order chi connectivity index (χ1) is 9.66. The molecule has 0 atom stereocenters. The molecular weight excluding hydrogens is 270 g/mol. The maximum Gasteiger partial charge on any atom is 0.195 e. The van der Waals surface area contributed by atoms with Crippen molar-refractivity contribution in [2.24, 2.45) is 0 Å². The van der Waals surface area contributed by atoms with Gasteiger partial charge in [0.05, 0.1) is 5.52 Å². The lowest BCUT2D eigenvalue weighted by Crippen LogP contribution is -2.03. The zero-order chi connectivity index (χ0) is 14.1. The molecule has 1 heterocycles. The van der Waals surface area contributed by atoms with Crippen molar-refractivity contribution >= 4 is 28.3 Å². The van der Waals surface area contributed by atoms with E-state index < -0.39 is 0 Å². The summed E-state index contributed by atoms with van der Waals surface area (Å²) in [6.07, 6.45) is 1.70. The van der Waals surface area contributed by atoms with Crippen LogP contribution in [0.5, 0.6) is 0 Å². The van der Waals surface area contributed by atoms with E-state index in [9.17, 15) is 4.79 Å². The first-order valence-electron chi connectivity index (χ1n) is 6.31. The summed E-state index contributed by atoms with van der Waals surface area (Å²) in [4.78, 5) is 17.0. The van der Waals surface area contributed by atoms with E-state index in [2.05, 4.69) is 4.98 Å². The van der Waals surface area contributed by atoms with Crippen LogP contribution in [0.25, 0.3) is 10.9 Å². The van der Waals surface area contributed by atoms with Gasteiger partial charge >= 0.3 is 0 Å². The van der Waals surface area contributed by atoms with E-state index >= 15 is 0 Å². The molecule has 0 aliphatic heterocycles. The molecule has 3 rings (SSSR count). The van der Waals surface area contributed by atoms with Crippen LogP contribution in [0, 0.1) is 6.92 Å². The lowest BCUT2D eigenvalue weighted by molar-refractivity contribution is 0.104. The number of carbonyl (C=O) groups is 1. The summed E-state index contributed by atoms with van der Waals surface area (Å²) in [5.41, 5.74) is 2.87. The molecule has 0 radical (unpaired) electrons. The average Bonchev–Trinajstić information content (AvgIpc) is 2.49. The Morgan fingerprint density at radius 3 is 2.70 bits per heavy atom. The van der Waals surface area contributed by atoms with Crippen molar-refractivity contribution in [3.05, 3.63) is 76.4 Å². The quantitative estimate of drug-likeness (QED) is 0.651. The minimum Gasteiger partial charge on any atom is -0.289 e. The molecule has 2 aromatic carbocycles. The largest absolute Gasteiger partial charge is 0.289 e. The van der Waals surface area contributed by atoms with Crippen molar-refractivity contribution in [2.45, 2.75) is 6.92 Å². The molecule has 0 saturated carbocycles. The van der Waals surface area contributed by atoms with Crippen molar-refractivity contribution in [1.29, 1.82) is 0 Å². The van der Waals surface area contributed by atoms with E-state index in [1.54, 1.807) is 18.3 Å². The third kappa shape index (κ3) is 2.19. The average molecular weight is 282 g/mol. The predicted octanol–water partition coefficient (Wildman–Crippen LogP) is 4.43. The van der Waals surface area contributed by atoms with Gasteiger partial charge in [-0.1, -0.05) is 29.8 Å². The molecule has 0 spiro atoms. The van der Waals surface area contributed by atoms with E-state index in [1.165, 1.54) is 0 Å². The lowest BCUT2D eigenvalue weighted by atomic mass is 9.99. The van der Waals surface area contributed by atoms with Crippen molar-refractivity contribution in [3.63, 3.8) is 0 Å². The number of rotatable bonds is 2. The number of hydrogen-bond acceptors (Lipinski definition) is 2. The number of hydrogen-bond donors (Lipinski definition) is 0. The normalized spacial score (nSPS) is 10.7. The van der Waals surface area contributed by atoms with Gasteiger partial charge in [0.1, 0.15) is 0 Å². The van der Waals surface area contributed by atoms with Gasteiger partial charge in [-0.25, -0.2) is 0 Å². The Balaban J connectivity index is 2.15. The fourth-order valence-corrected chi connectivity index (χ4v) is 2.35. The lowest BCUT2D eigenvalue weighted by Gasteiger charge is -2.06. The summed E-state index contributed by atoms with van der Waals surface area (Å²) in [5, 5.41) is 1.63. The van der Waals surface area contributed by atoms with Gasteiger partial charge in [0.25, 0.3) is 0 Å². The number of halogens is 1. The Morgan fingerprint density at radius 2 is 1.90 bits per heavy atom. The van der Waals surface area contributed by atoms with Crippen LogP contribution in [0.2, 0.25) is 5.02 Å². The Morgan fingerprint density at radius 1 is 1.10 bits per heavy atom. The zero-order valence-corrected chi connectivity index (χ0v) is 11.7. The second-order valence-electron chi connectivity index (χ2n) is 4.67. The highest BCUT2D eigenvalue weighted by Gasteiger charge is 2.13. The Labute approximate surface area is 122 Å². The summed E-state index contributed by atoms with van der Waals surface area (Å²) >= 11 is 6.00. The van der Waals surface area contributed by atoms with Crippen LogP contribution in [0.3, 0.4) is 0 Å². The monoisotopic (exact) mass is 281 g/mol. The highest BCUT2D eigenvalue weighted by molar-refractivity contribution is 6.31. The summed E-state index contributed by atoms with van der Waals surface area (Å²) in [7, 11) is 0. The number of pyridine rings is 1. The van der Waals surface area contributed by atoms with E-state index in [4.69, 9.17) is 11.6 Å². The molecule has 3 heteroatoms. The molecule has 3 aromatic rings.